The average Bonchev–Trinajstić information content (AvgIpc) is 2.40. The van der Waals surface area contributed by atoms with Gasteiger partial charge in [0.1, 0.15) is 5.75 Å². The van der Waals surface area contributed by atoms with Gasteiger partial charge in [0.25, 0.3) is 5.91 Å². The number of amides is 1. The lowest BCUT2D eigenvalue weighted by atomic mass is 10.0. The molecule has 0 saturated heterocycles. The Morgan fingerprint density at radius 1 is 1.43 bits per heavy atom. The maximum Gasteiger partial charge on any atom is 0.261 e. The Bertz CT molecular complexity index is 500. The van der Waals surface area contributed by atoms with Crippen LogP contribution in [0.5, 0.6) is 5.75 Å². The second-order valence-corrected chi connectivity index (χ2v) is 6.76. The van der Waals surface area contributed by atoms with Crippen LogP contribution in [0.25, 0.3) is 0 Å². The van der Waals surface area contributed by atoms with Crippen molar-refractivity contribution in [2.75, 3.05) is 0 Å². The Kier molecular flexibility index (Phi) is 6.23. The summed E-state index contributed by atoms with van der Waals surface area (Å²) in [5.41, 5.74) is 0.389. The highest BCUT2D eigenvalue weighted by atomic mass is 79.9. The molecule has 0 aliphatic carbocycles. The summed E-state index contributed by atoms with van der Waals surface area (Å²) >= 11 is 3.36. The van der Waals surface area contributed by atoms with Crippen LogP contribution in [0, 0.1) is 0 Å². The van der Waals surface area contributed by atoms with E-state index in [1.807, 2.05) is 26.8 Å². The topological polar surface area (TPSA) is 58.6 Å². The van der Waals surface area contributed by atoms with Crippen LogP contribution in [-0.2, 0) is 4.79 Å². The van der Waals surface area contributed by atoms with Crippen molar-refractivity contribution in [3.8, 4) is 5.75 Å². The standard InChI is InChI=1S/C16H24BrNO3/c1-6-16(4,5)18-15(20)11(3)21-14-8-7-12(17)9-13(14)10(2)19/h7-11,19H,6H2,1-5H3,(H,18,20). The van der Waals surface area contributed by atoms with Crippen LogP contribution in [0.15, 0.2) is 22.7 Å². The first-order valence-electron chi connectivity index (χ1n) is 7.12. The highest BCUT2D eigenvalue weighted by molar-refractivity contribution is 9.10. The molecular weight excluding hydrogens is 334 g/mol. The molecule has 0 radical (unpaired) electrons. The molecule has 4 nitrogen and oxygen atoms in total. The number of ether oxygens (including phenoxy) is 1. The van der Waals surface area contributed by atoms with Gasteiger partial charge in [0.05, 0.1) is 6.10 Å². The van der Waals surface area contributed by atoms with Crippen LogP contribution in [0.1, 0.15) is 52.7 Å². The molecule has 2 unspecified atom stereocenters. The predicted molar refractivity (Wildman–Crippen MR) is 87.4 cm³/mol. The van der Waals surface area contributed by atoms with Crippen molar-refractivity contribution in [2.24, 2.45) is 0 Å². The monoisotopic (exact) mass is 357 g/mol. The van der Waals surface area contributed by atoms with E-state index >= 15 is 0 Å². The molecule has 0 aliphatic rings. The van der Waals surface area contributed by atoms with Crippen molar-refractivity contribution in [2.45, 2.75) is 58.8 Å². The van der Waals surface area contributed by atoms with Gasteiger partial charge >= 0.3 is 0 Å². The molecule has 0 saturated carbocycles. The van der Waals surface area contributed by atoms with Crippen molar-refractivity contribution in [3.63, 3.8) is 0 Å². The molecule has 5 heteroatoms. The zero-order valence-corrected chi connectivity index (χ0v) is 14.8. The van der Waals surface area contributed by atoms with E-state index in [0.29, 0.717) is 11.3 Å². The molecular formula is C16H24BrNO3. The number of halogens is 1. The van der Waals surface area contributed by atoms with Crippen LogP contribution in [0.4, 0.5) is 0 Å². The maximum atomic E-state index is 12.2. The molecule has 0 bridgehead atoms. The molecule has 21 heavy (non-hydrogen) atoms. The molecule has 1 amide bonds. The van der Waals surface area contributed by atoms with Crippen molar-refractivity contribution in [1.82, 2.24) is 5.32 Å². The molecule has 2 N–H and O–H groups in total. The van der Waals surface area contributed by atoms with E-state index in [1.54, 1.807) is 26.0 Å². The summed E-state index contributed by atoms with van der Waals surface area (Å²) in [7, 11) is 0. The van der Waals surface area contributed by atoms with E-state index in [-0.39, 0.29) is 11.4 Å². The molecule has 1 aromatic rings. The van der Waals surface area contributed by atoms with E-state index in [1.165, 1.54) is 0 Å². The van der Waals surface area contributed by atoms with Crippen molar-refractivity contribution in [3.05, 3.63) is 28.2 Å². The van der Waals surface area contributed by atoms with Crippen LogP contribution >= 0.6 is 15.9 Å². The zero-order valence-electron chi connectivity index (χ0n) is 13.2. The van der Waals surface area contributed by atoms with Gasteiger partial charge in [-0.1, -0.05) is 22.9 Å². The zero-order chi connectivity index (χ0) is 16.2. The molecule has 0 heterocycles. The third-order valence-electron chi connectivity index (χ3n) is 3.44. The SMILES string of the molecule is CCC(C)(C)NC(=O)C(C)Oc1ccc(Br)cc1C(C)O. The van der Waals surface area contributed by atoms with E-state index in [0.717, 1.165) is 10.9 Å². The number of aliphatic hydroxyl groups is 1. The fourth-order valence-electron chi connectivity index (χ4n) is 1.72. The summed E-state index contributed by atoms with van der Waals surface area (Å²) in [4.78, 5) is 12.2. The van der Waals surface area contributed by atoms with Gasteiger partial charge in [0, 0.05) is 15.6 Å². The maximum absolute atomic E-state index is 12.2. The number of carbonyl (C=O) groups is 1. The summed E-state index contributed by atoms with van der Waals surface area (Å²) in [6, 6.07) is 5.36. The minimum Gasteiger partial charge on any atom is -0.481 e. The van der Waals surface area contributed by atoms with Crippen LogP contribution in [0.2, 0.25) is 0 Å². The Morgan fingerprint density at radius 3 is 2.57 bits per heavy atom. The molecule has 0 spiro atoms. The Balaban J connectivity index is 2.84. The van der Waals surface area contributed by atoms with Crippen LogP contribution in [-0.4, -0.2) is 22.7 Å². The Morgan fingerprint density at radius 2 is 2.05 bits per heavy atom. The lowest BCUT2D eigenvalue weighted by Gasteiger charge is -2.27. The lowest BCUT2D eigenvalue weighted by molar-refractivity contribution is -0.129. The number of hydrogen-bond donors (Lipinski definition) is 2. The summed E-state index contributed by atoms with van der Waals surface area (Å²) in [6.45, 7) is 9.33. The summed E-state index contributed by atoms with van der Waals surface area (Å²) in [5.74, 6) is 0.353. The molecule has 0 fully saturated rings. The summed E-state index contributed by atoms with van der Waals surface area (Å²) in [5, 5.41) is 12.8. The highest BCUT2D eigenvalue weighted by Crippen LogP contribution is 2.29. The second kappa shape index (κ2) is 7.27. The van der Waals surface area contributed by atoms with Crippen LogP contribution in [0.3, 0.4) is 0 Å². The number of rotatable bonds is 6. The van der Waals surface area contributed by atoms with Gasteiger partial charge < -0.3 is 15.2 Å². The Hall–Kier alpha value is -1.07. The van der Waals surface area contributed by atoms with E-state index < -0.39 is 12.2 Å². The largest absolute Gasteiger partial charge is 0.481 e. The number of carbonyl (C=O) groups excluding carboxylic acids is 1. The fourth-order valence-corrected chi connectivity index (χ4v) is 2.10. The quantitative estimate of drug-likeness (QED) is 0.817. The lowest BCUT2D eigenvalue weighted by Crippen LogP contribution is -2.48. The summed E-state index contributed by atoms with van der Waals surface area (Å²) < 4.78 is 6.58. The minimum absolute atomic E-state index is 0.165. The summed E-state index contributed by atoms with van der Waals surface area (Å²) in [6.07, 6.45) is -0.461. The molecule has 1 aromatic carbocycles. The molecule has 118 valence electrons. The third-order valence-corrected chi connectivity index (χ3v) is 3.93. The second-order valence-electron chi connectivity index (χ2n) is 5.84. The molecule has 2 atom stereocenters. The van der Waals surface area contributed by atoms with Gasteiger partial charge in [-0.05, 0) is 52.3 Å². The smallest absolute Gasteiger partial charge is 0.261 e. The molecule has 1 rings (SSSR count). The van der Waals surface area contributed by atoms with Gasteiger partial charge in [-0.3, -0.25) is 4.79 Å². The predicted octanol–water partition coefficient (Wildman–Crippen LogP) is 3.57. The average molecular weight is 358 g/mol. The first-order valence-corrected chi connectivity index (χ1v) is 7.91. The molecule has 0 aliphatic heterocycles. The van der Waals surface area contributed by atoms with E-state index in [4.69, 9.17) is 4.74 Å². The van der Waals surface area contributed by atoms with Gasteiger partial charge in [0.15, 0.2) is 6.10 Å². The van der Waals surface area contributed by atoms with Crippen molar-refractivity contribution >= 4 is 21.8 Å². The van der Waals surface area contributed by atoms with Gasteiger partial charge in [-0.15, -0.1) is 0 Å². The van der Waals surface area contributed by atoms with Gasteiger partial charge in [-0.25, -0.2) is 0 Å². The van der Waals surface area contributed by atoms with Crippen molar-refractivity contribution < 1.29 is 14.6 Å². The number of aliphatic hydroxyl groups excluding tert-OH is 1. The third kappa shape index (κ3) is 5.32. The van der Waals surface area contributed by atoms with E-state index in [2.05, 4.69) is 21.2 Å². The van der Waals surface area contributed by atoms with Gasteiger partial charge in [0.2, 0.25) is 0 Å². The number of nitrogens with one attached hydrogen (secondary N) is 1. The number of benzene rings is 1. The van der Waals surface area contributed by atoms with Gasteiger partial charge in [-0.2, -0.15) is 0 Å². The fraction of sp³-hybridized carbons (Fsp3) is 0.562. The van der Waals surface area contributed by atoms with Crippen molar-refractivity contribution in [1.29, 1.82) is 0 Å². The normalized spacial score (nSPS) is 14.4. The first kappa shape index (κ1) is 18.0. The minimum atomic E-state index is -0.667. The first-order chi connectivity index (χ1) is 9.66. The number of hydrogen-bond acceptors (Lipinski definition) is 3. The van der Waals surface area contributed by atoms with E-state index in [9.17, 15) is 9.90 Å². The molecule has 0 aromatic heterocycles. The Labute approximate surface area is 135 Å². The highest BCUT2D eigenvalue weighted by Gasteiger charge is 2.24. The van der Waals surface area contributed by atoms with Crippen LogP contribution < -0.4 is 10.1 Å².